The van der Waals surface area contributed by atoms with Gasteiger partial charge < -0.3 is 5.32 Å². The Balaban J connectivity index is 2.21. The van der Waals surface area contributed by atoms with Crippen LogP contribution < -0.4 is 5.32 Å². The summed E-state index contributed by atoms with van der Waals surface area (Å²) in [5.41, 5.74) is 4.66. The fourth-order valence-corrected chi connectivity index (χ4v) is 2.76. The number of halogens is 1. The number of nitrogens with zero attached hydrogens (tertiary/aromatic N) is 1. The highest BCUT2D eigenvalue weighted by Gasteiger charge is 2.07. The first-order chi connectivity index (χ1) is 13.9. The minimum absolute atomic E-state index is 0.225. The van der Waals surface area contributed by atoms with Gasteiger partial charge in [-0.15, -0.1) is 6.42 Å². The van der Waals surface area contributed by atoms with Gasteiger partial charge in [0.05, 0.1) is 0 Å². The lowest BCUT2D eigenvalue weighted by molar-refractivity contribution is -0.112. The Hall–Kier alpha value is -3.35. The molecule has 0 unspecified atom stereocenters. The number of hydrogen-bond donors (Lipinski definition) is 1. The molecule has 0 aromatic heterocycles. The average molecular weight is 403 g/mol. The van der Waals surface area contributed by atoms with Crippen molar-refractivity contribution in [2.75, 3.05) is 5.32 Å². The van der Waals surface area contributed by atoms with Crippen LogP contribution in [0.2, 0.25) is 5.02 Å². The largest absolute Gasteiger partial charge is 0.322 e. The maximum Gasteiger partial charge on any atom is 0.255 e. The molecule has 2 rings (SSSR count). The Labute approximate surface area is 177 Å². The maximum absolute atomic E-state index is 12.6. The highest BCUT2D eigenvalue weighted by atomic mass is 35.5. The zero-order valence-corrected chi connectivity index (χ0v) is 17.5. The van der Waals surface area contributed by atoms with Crippen LogP contribution in [0.5, 0.6) is 0 Å². The number of rotatable bonds is 6. The van der Waals surface area contributed by atoms with Gasteiger partial charge in [0.25, 0.3) is 5.91 Å². The normalized spacial score (nSPS) is 11.8. The molecule has 0 fully saturated rings. The van der Waals surface area contributed by atoms with Gasteiger partial charge in [0.2, 0.25) is 0 Å². The highest BCUT2D eigenvalue weighted by molar-refractivity contribution is 6.31. The molecular formula is C25H23ClN2O. The first kappa shape index (κ1) is 21.9. The number of nitrogens with one attached hydrogen (secondary N) is 1. The monoisotopic (exact) mass is 402 g/mol. The van der Waals surface area contributed by atoms with E-state index in [0.29, 0.717) is 16.3 Å². The summed E-state index contributed by atoms with van der Waals surface area (Å²) < 4.78 is 0. The minimum atomic E-state index is -0.225. The summed E-state index contributed by atoms with van der Waals surface area (Å²) in [6.07, 6.45) is 12.5. The predicted molar refractivity (Wildman–Crippen MR) is 123 cm³/mol. The van der Waals surface area contributed by atoms with Crippen LogP contribution in [-0.4, -0.2) is 11.6 Å². The molecule has 3 nitrogen and oxygen atoms in total. The van der Waals surface area contributed by atoms with E-state index in [1.54, 1.807) is 42.6 Å². The lowest BCUT2D eigenvalue weighted by Gasteiger charge is -2.06. The van der Waals surface area contributed by atoms with Gasteiger partial charge in [-0.3, -0.25) is 9.79 Å². The fraction of sp³-hybridized carbons (Fsp3) is 0.120. The smallest absolute Gasteiger partial charge is 0.255 e. The third-order valence-electron chi connectivity index (χ3n) is 3.89. The van der Waals surface area contributed by atoms with Gasteiger partial charge in [-0.2, -0.15) is 0 Å². The standard InChI is InChI=1S/C25H23ClN2O/c1-5-20-10-6-7-14-24(20)19(4)27-15-9-11-21(16-18(2)3)25(29)28-23-13-8-12-22(26)17-23/h1,6-17H,2-4H3,(H,28,29)/b15-9+,21-11+,27-19?. The molecule has 0 radical (unpaired) electrons. The molecule has 0 aliphatic heterocycles. The van der Waals surface area contributed by atoms with Crippen molar-refractivity contribution in [2.45, 2.75) is 20.8 Å². The molecule has 146 valence electrons. The third kappa shape index (κ3) is 6.95. The predicted octanol–water partition coefficient (Wildman–Crippen LogP) is 6.18. The Morgan fingerprint density at radius 2 is 1.90 bits per heavy atom. The molecular weight excluding hydrogens is 380 g/mol. The number of terminal acetylenes is 1. The van der Waals surface area contributed by atoms with E-state index in [1.165, 1.54) is 0 Å². The van der Waals surface area contributed by atoms with E-state index in [4.69, 9.17) is 18.0 Å². The quantitative estimate of drug-likeness (QED) is 0.266. The zero-order chi connectivity index (χ0) is 21.2. The summed E-state index contributed by atoms with van der Waals surface area (Å²) >= 11 is 5.98. The Morgan fingerprint density at radius 1 is 1.14 bits per heavy atom. The number of benzene rings is 2. The molecule has 29 heavy (non-hydrogen) atoms. The van der Waals surface area contributed by atoms with Crippen LogP contribution in [0.15, 0.2) is 89.1 Å². The molecule has 4 heteroatoms. The van der Waals surface area contributed by atoms with Crippen LogP contribution in [0.25, 0.3) is 0 Å². The van der Waals surface area contributed by atoms with E-state index in [1.807, 2.05) is 51.1 Å². The Bertz CT molecular complexity index is 1050. The van der Waals surface area contributed by atoms with Crippen LogP contribution in [-0.2, 0) is 4.79 Å². The van der Waals surface area contributed by atoms with Gasteiger partial charge in [0.15, 0.2) is 0 Å². The van der Waals surface area contributed by atoms with Crippen LogP contribution in [0.1, 0.15) is 31.9 Å². The molecule has 2 aromatic rings. The van der Waals surface area contributed by atoms with Crippen molar-refractivity contribution >= 4 is 28.9 Å². The lowest BCUT2D eigenvalue weighted by Crippen LogP contribution is -2.13. The van der Waals surface area contributed by atoms with E-state index in [9.17, 15) is 4.79 Å². The molecule has 2 aromatic carbocycles. The van der Waals surface area contributed by atoms with Crippen molar-refractivity contribution < 1.29 is 4.79 Å². The van der Waals surface area contributed by atoms with Gasteiger partial charge in [-0.05, 0) is 57.2 Å². The Morgan fingerprint density at radius 3 is 2.59 bits per heavy atom. The summed E-state index contributed by atoms with van der Waals surface area (Å²) in [7, 11) is 0. The second-order valence-corrected chi connectivity index (χ2v) is 6.99. The first-order valence-electron chi connectivity index (χ1n) is 9.09. The summed E-state index contributed by atoms with van der Waals surface area (Å²) in [5, 5.41) is 3.41. The first-order valence-corrected chi connectivity index (χ1v) is 9.47. The van der Waals surface area contributed by atoms with Gasteiger partial charge in [-0.1, -0.05) is 53.4 Å². The van der Waals surface area contributed by atoms with E-state index in [-0.39, 0.29) is 5.91 Å². The number of aliphatic imine (C=N–C) groups is 1. The molecule has 1 amide bonds. The minimum Gasteiger partial charge on any atom is -0.322 e. The molecule has 0 atom stereocenters. The van der Waals surface area contributed by atoms with Gasteiger partial charge in [0, 0.05) is 39.3 Å². The topological polar surface area (TPSA) is 41.5 Å². The fourth-order valence-electron chi connectivity index (χ4n) is 2.57. The number of carbonyl (C=O) groups excluding carboxylic acids is 1. The second-order valence-electron chi connectivity index (χ2n) is 6.55. The van der Waals surface area contributed by atoms with E-state index in [0.717, 1.165) is 22.4 Å². The lowest BCUT2D eigenvalue weighted by atomic mass is 10.0. The van der Waals surface area contributed by atoms with Crippen LogP contribution in [0, 0.1) is 12.3 Å². The van der Waals surface area contributed by atoms with Crippen LogP contribution in [0.3, 0.4) is 0 Å². The molecule has 0 aliphatic carbocycles. The SMILES string of the molecule is C#Cc1ccccc1C(C)=N/C=C/C=C(\C=C(C)C)C(=O)Nc1cccc(Cl)c1. The summed E-state index contributed by atoms with van der Waals surface area (Å²) in [4.78, 5) is 17.1. The number of hydrogen-bond acceptors (Lipinski definition) is 2. The maximum atomic E-state index is 12.6. The Kier molecular flexibility index (Phi) is 8.21. The van der Waals surface area contributed by atoms with Crippen molar-refractivity contribution in [1.29, 1.82) is 0 Å². The number of anilines is 1. The van der Waals surface area contributed by atoms with Crippen LogP contribution >= 0.6 is 11.6 Å². The van der Waals surface area contributed by atoms with E-state index in [2.05, 4.69) is 16.2 Å². The van der Waals surface area contributed by atoms with Crippen molar-refractivity contribution in [3.8, 4) is 12.3 Å². The van der Waals surface area contributed by atoms with E-state index < -0.39 is 0 Å². The summed E-state index contributed by atoms with van der Waals surface area (Å²) in [6.45, 7) is 5.76. The molecule has 0 aliphatic rings. The van der Waals surface area contributed by atoms with Crippen molar-refractivity contribution in [3.63, 3.8) is 0 Å². The molecule has 1 N–H and O–H groups in total. The molecule has 0 bridgehead atoms. The molecule has 0 saturated heterocycles. The van der Waals surface area contributed by atoms with Crippen molar-refractivity contribution in [3.05, 3.63) is 100 Å². The zero-order valence-electron chi connectivity index (χ0n) is 16.7. The molecule has 0 heterocycles. The van der Waals surface area contributed by atoms with Crippen molar-refractivity contribution in [2.24, 2.45) is 4.99 Å². The van der Waals surface area contributed by atoms with Crippen molar-refractivity contribution in [1.82, 2.24) is 0 Å². The van der Waals surface area contributed by atoms with E-state index >= 15 is 0 Å². The van der Waals surface area contributed by atoms with Gasteiger partial charge >= 0.3 is 0 Å². The average Bonchev–Trinajstić information content (AvgIpc) is 2.69. The third-order valence-corrected chi connectivity index (χ3v) is 4.13. The van der Waals surface area contributed by atoms with Crippen LogP contribution in [0.4, 0.5) is 5.69 Å². The van der Waals surface area contributed by atoms with Gasteiger partial charge in [-0.25, -0.2) is 0 Å². The number of amides is 1. The highest BCUT2D eigenvalue weighted by Crippen LogP contribution is 2.16. The summed E-state index contributed by atoms with van der Waals surface area (Å²) in [5.74, 6) is 2.44. The molecule has 0 spiro atoms. The van der Waals surface area contributed by atoms with Gasteiger partial charge in [0.1, 0.15) is 0 Å². The number of allylic oxidation sites excluding steroid dienone is 3. The molecule has 0 saturated carbocycles. The second kappa shape index (κ2) is 10.8. The summed E-state index contributed by atoms with van der Waals surface area (Å²) in [6, 6.07) is 14.7. The number of carbonyl (C=O) groups is 1.